The molecule has 0 radical (unpaired) electrons. The Kier molecular flexibility index (Phi) is 4.96. The average molecular weight is 290 g/mol. The van der Waals surface area contributed by atoms with Crippen molar-refractivity contribution in [2.75, 3.05) is 6.61 Å². The van der Waals surface area contributed by atoms with E-state index < -0.39 is 0 Å². The van der Waals surface area contributed by atoms with Gasteiger partial charge in [0.2, 0.25) is 0 Å². The molecule has 4 nitrogen and oxygen atoms in total. The van der Waals surface area contributed by atoms with Gasteiger partial charge in [0.25, 0.3) is 0 Å². The molecular weight excluding hydrogens is 274 g/mol. The summed E-state index contributed by atoms with van der Waals surface area (Å²) in [6.45, 7) is 0.609. The molecule has 0 amide bonds. The number of aromatic nitrogens is 1. The highest BCUT2D eigenvalue weighted by Crippen LogP contribution is 2.22. The maximum absolute atomic E-state index is 7.36. The molecule has 1 heterocycles. The van der Waals surface area contributed by atoms with Gasteiger partial charge in [-0.2, -0.15) is 0 Å². The van der Waals surface area contributed by atoms with Crippen LogP contribution >= 0.6 is 11.6 Å². The molecule has 0 fully saturated rings. The second kappa shape index (κ2) is 6.91. The molecule has 0 aliphatic rings. The topological polar surface area (TPSA) is 72.0 Å². The van der Waals surface area contributed by atoms with E-state index in [0.29, 0.717) is 22.9 Å². The van der Waals surface area contributed by atoms with E-state index in [1.807, 2.05) is 12.1 Å². The standard InChI is InChI=1S/C15H16ClN3O/c16-14-10-12(3-4-13(14)15(17)18)20-9-1-2-11-5-7-19-8-6-11/h3-8,10H,1-2,9H2,(H3,17,18). The summed E-state index contributed by atoms with van der Waals surface area (Å²) in [7, 11) is 0. The fraction of sp³-hybridized carbons (Fsp3) is 0.200. The Bertz CT molecular complexity index is 587. The van der Waals surface area contributed by atoms with Crippen molar-refractivity contribution in [2.45, 2.75) is 12.8 Å². The summed E-state index contributed by atoms with van der Waals surface area (Å²) in [5, 5.41) is 7.79. The lowest BCUT2D eigenvalue weighted by molar-refractivity contribution is 0.311. The Balaban J connectivity index is 1.83. The largest absolute Gasteiger partial charge is 0.494 e. The third kappa shape index (κ3) is 3.96. The number of hydrogen-bond donors (Lipinski definition) is 2. The van der Waals surface area contributed by atoms with Gasteiger partial charge in [-0.25, -0.2) is 0 Å². The third-order valence-corrected chi connectivity index (χ3v) is 3.17. The number of halogens is 1. The number of nitrogens with one attached hydrogen (secondary N) is 1. The number of hydrogen-bond acceptors (Lipinski definition) is 3. The van der Waals surface area contributed by atoms with Gasteiger partial charge < -0.3 is 10.5 Å². The molecule has 1 aromatic carbocycles. The number of aryl methyl sites for hydroxylation is 1. The molecule has 0 saturated carbocycles. The minimum absolute atomic E-state index is 0.0424. The highest BCUT2D eigenvalue weighted by atomic mass is 35.5. The van der Waals surface area contributed by atoms with Crippen molar-refractivity contribution < 1.29 is 4.74 Å². The number of amidine groups is 1. The fourth-order valence-corrected chi connectivity index (χ4v) is 2.09. The van der Waals surface area contributed by atoms with Gasteiger partial charge in [0.15, 0.2) is 0 Å². The monoisotopic (exact) mass is 289 g/mol. The Morgan fingerprint density at radius 2 is 2.00 bits per heavy atom. The van der Waals surface area contributed by atoms with E-state index in [0.717, 1.165) is 12.8 Å². The zero-order chi connectivity index (χ0) is 14.4. The summed E-state index contributed by atoms with van der Waals surface area (Å²) < 4.78 is 5.63. The van der Waals surface area contributed by atoms with Crippen molar-refractivity contribution in [1.82, 2.24) is 4.98 Å². The van der Waals surface area contributed by atoms with Crippen LogP contribution in [0.1, 0.15) is 17.5 Å². The number of ether oxygens (including phenoxy) is 1. The van der Waals surface area contributed by atoms with Gasteiger partial charge in [-0.05, 0) is 48.7 Å². The van der Waals surface area contributed by atoms with Crippen LogP contribution < -0.4 is 10.5 Å². The zero-order valence-electron chi connectivity index (χ0n) is 11.0. The van der Waals surface area contributed by atoms with Gasteiger partial charge >= 0.3 is 0 Å². The van der Waals surface area contributed by atoms with Crippen LogP contribution in [-0.2, 0) is 6.42 Å². The van der Waals surface area contributed by atoms with Crippen LogP contribution in [0.5, 0.6) is 5.75 Å². The first-order valence-corrected chi connectivity index (χ1v) is 6.70. The van der Waals surface area contributed by atoms with E-state index in [2.05, 4.69) is 4.98 Å². The summed E-state index contributed by atoms with van der Waals surface area (Å²) >= 11 is 6.03. The fourth-order valence-electron chi connectivity index (χ4n) is 1.82. The molecular formula is C15H16ClN3O. The highest BCUT2D eigenvalue weighted by Gasteiger charge is 2.05. The van der Waals surface area contributed by atoms with E-state index in [1.54, 1.807) is 30.6 Å². The molecule has 104 valence electrons. The van der Waals surface area contributed by atoms with Gasteiger partial charge in [-0.3, -0.25) is 10.4 Å². The molecule has 2 rings (SSSR count). The summed E-state index contributed by atoms with van der Waals surface area (Å²) in [4.78, 5) is 3.98. The number of nitrogens with two attached hydrogens (primary N) is 1. The van der Waals surface area contributed by atoms with Crippen LogP contribution in [0.2, 0.25) is 5.02 Å². The Morgan fingerprint density at radius 1 is 1.25 bits per heavy atom. The van der Waals surface area contributed by atoms with Crippen LogP contribution in [0.25, 0.3) is 0 Å². The molecule has 0 aliphatic carbocycles. The van der Waals surface area contributed by atoms with E-state index in [4.69, 9.17) is 27.5 Å². The second-order valence-corrected chi connectivity index (χ2v) is 4.77. The molecule has 0 atom stereocenters. The molecule has 0 aliphatic heterocycles. The first-order chi connectivity index (χ1) is 9.66. The second-order valence-electron chi connectivity index (χ2n) is 4.36. The lowest BCUT2D eigenvalue weighted by Crippen LogP contribution is -2.11. The Labute approximate surface area is 123 Å². The molecule has 20 heavy (non-hydrogen) atoms. The van der Waals surface area contributed by atoms with Crippen molar-refractivity contribution in [1.29, 1.82) is 5.41 Å². The lowest BCUT2D eigenvalue weighted by Gasteiger charge is -2.08. The van der Waals surface area contributed by atoms with Crippen LogP contribution in [0.4, 0.5) is 0 Å². The number of pyridine rings is 1. The van der Waals surface area contributed by atoms with Gasteiger partial charge in [0, 0.05) is 18.0 Å². The summed E-state index contributed by atoms with van der Waals surface area (Å²) in [6, 6.07) is 9.15. The van der Waals surface area contributed by atoms with Gasteiger partial charge in [0.1, 0.15) is 11.6 Å². The van der Waals surface area contributed by atoms with Crippen molar-refractivity contribution >= 4 is 17.4 Å². The summed E-state index contributed by atoms with van der Waals surface area (Å²) in [6.07, 6.45) is 5.44. The summed E-state index contributed by atoms with van der Waals surface area (Å²) in [5.41, 5.74) is 7.17. The summed E-state index contributed by atoms with van der Waals surface area (Å²) in [5.74, 6) is 0.647. The lowest BCUT2D eigenvalue weighted by atomic mass is 10.1. The van der Waals surface area contributed by atoms with E-state index in [-0.39, 0.29) is 5.84 Å². The smallest absolute Gasteiger partial charge is 0.124 e. The predicted molar refractivity (Wildman–Crippen MR) is 80.5 cm³/mol. The van der Waals surface area contributed by atoms with Gasteiger partial charge in [0.05, 0.1) is 11.6 Å². The van der Waals surface area contributed by atoms with Crippen LogP contribution in [0.15, 0.2) is 42.7 Å². The van der Waals surface area contributed by atoms with Crippen molar-refractivity contribution in [3.63, 3.8) is 0 Å². The predicted octanol–water partition coefficient (Wildman–Crippen LogP) is 3.03. The number of nitrogen functional groups attached to an aromatic ring is 1. The Hall–Kier alpha value is -2.07. The molecule has 0 saturated heterocycles. The molecule has 0 bridgehead atoms. The number of benzene rings is 1. The first-order valence-electron chi connectivity index (χ1n) is 6.32. The maximum atomic E-state index is 7.36. The first kappa shape index (κ1) is 14.3. The van der Waals surface area contributed by atoms with Crippen LogP contribution in [-0.4, -0.2) is 17.4 Å². The van der Waals surface area contributed by atoms with E-state index in [1.165, 1.54) is 5.56 Å². The molecule has 3 N–H and O–H groups in total. The van der Waals surface area contributed by atoms with Gasteiger partial charge in [-0.1, -0.05) is 11.6 Å². The zero-order valence-corrected chi connectivity index (χ0v) is 11.7. The van der Waals surface area contributed by atoms with Gasteiger partial charge in [-0.15, -0.1) is 0 Å². The quantitative estimate of drug-likeness (QED) is 0.488. The van der Waals surface area contributed by atoms with Crippen molar-refractivity contribution in [3.8, 4) is 5.75 Å². The van der Waals surface area contributed by atoms with Crippen molar-refractivity contribution in [2.24, 2.45) is 5.73 Å². The maximum Gasteiger partial charge on any atom is 0.124 e. The SMILES string of the molecule is N=C(N)c1ccc(OCCCc2ccncc2)cc1Cl. The molecule has 1 aromatic heterocycles. The highest BCUT2D eigenvalue weighted by molar-refractivity contribution is 6.34. The average Bonchev–Trinajstić information content (AvgIpc) is 2.44. The third-order valence-electron chi connectivity index (χ3n) is 2.86. The molecule has 5 heteroatoms. The van der Waals surface area contributed by atoms with Crippen LogP contribution in [0, 0.1) is 5.41 Å². The van der Waals surface area contributed by atoms with Crippen LogP contribution in [0.3, 0.4) is 0 Å². The minimum atomic E-state index is -0.0424. The van der Waals surface area contributed by atoms with E-state index in [9.17, 15) is 0 Å². The normalized spacial score (nSPS) is 10.2. The van der Waals surface area contributed by atoms with Crippen molar-refractivity contribution in [3.05, 3.63) is 58.9 Å². The molecule has 2 aromatic rings. The minimum Gasteiger partial charge on any atom is -0.494 e. The Morgan fingerprint density at radius 3 is 2.65 bits per heavy atom. The molecule has 0 unspecified atom stereocenters. The number of rotatable bonds is 6. The number of nitrogens with zero attached hydrogens (tertiary/aromatic N) is 1. The molecule has 0 spiro atoms. The van der Waals surface area contributed by atoms with E-state index >= 15 is 0 Å².